The Balaban J connectivity index is -0.000000418. The average molecular weight is 454 g/mol. The zero-order chi connectivity index (χ0) is 17.8. The highest BCUT2D eigenvalue weighted by Crippen LogP contribution is 2.23. The number of hydrogen-bond acceptors (Lipinski definition) is 12. The molecular weight excluding hydrogens is 432 g/mol. The highest BCUT2D eigenvalue weighted by Gasteiger charge is 2.45. The van der Waals surface area contributed by atoms with Crippen molar-refractivity contribution in [2.24, 2.45) is 0 Å². The average Bonchev–Trinajstić information content (AvgIpc) is 2.31. The summed E-state index contributed by atoms with van der Waals surface area (Å²) in [5.74, 6) is 0. The Bertz CT molecular complexity index is 529. The van der Waals surface area contributed by atoms with Gasteiger partial charge in [0, 0.05) is 0 Å². The van der Waals surface area contributed by atoms with Crippen LogP contribution in [0.5, 0.6) is 0 Å². The SMILES string of the molecule is O.O.O=S([O-])O.O=S([O-])O.[NH3+]C1N2CN3CN(C2)OS(=O)(=O)ON1C3.[NH4+]. The first-order valence-electron chi connectivity index (χ1n) is 5.52. The molecule has 26 heavy (non-hydrogen) atoms. The van der Waals surface area contributed by atoms with Crippen LogP contribution in [0.25, 0.3) is 0 Å². The van der Waals surface area contributed by atoms with E-state index < -0.39 is 33.1 Å². The van der Waals surface area contributed by atoms with Gasteiger partial charge in [-0.1, -0.05) is 5.06 Å². The predicted molar refractivity (Wildman–Crippen MR) is 80.9 cm³/mol. The molecule has 0 amide bonds. The molecule has 4 heterocycles. The van der Waals surface area contributed by atoms with Crippen molar-refractivity contribution < 1.29 is 60.3 Å². The Morgan fingerprint density at radius 1 is 1.00 bits per heavy atom. The third-order valence-electron chi connectivity index (χ3n) is 2.56. The van der Waals surface area contributed by atoms with Gasteiger partial charge >= 0.3 is 10.4 Å². The third-order valence-corrected chi connectivity index (χ3v) is 3.32. The lowest BCUT2D eigenvalue weighted by Crippen LogP contribution is -2.83. The highest BCUT2D eigenvalue weighted by molar-refractivity contribution is 7.81. The van der Waals surface area contributed by atoms with E-state index in [1.807, 2.05) is 9.80 Å². The molecule has 0 aromatic heterocycles. The second-order valence-electron chi connectivity index (χ2n) is 4.20. The highest BCUT2D eigenvalue weighted by atomic mass is 32.3. The summed E-state index contributed by atoms with van der Waals surface area (Å²) in [4.78, 5) is 3.93. The van der Waals surface area contributed by atoms with E-state index in [1.165, 1.54) is 10.1 Å². The summed E-state index contributed by atoms with van der Waals surface area (Å²) < 4.78 is 80.3. The molecule has 7 atom stereocenters. The molecule has 4 rings (SSSR count). The number of quaternary nitrogens is 2. The number of nitrogens with zero attached hydrogens (tertiary/aromatic N) is 4. The van der Waals surface area contributed by atoms with Crippen LogP contribution in [0.1, 0.15) is 0 Å². The largest absolute Gasteiger partial charge is 0.750 e. The maximum atomic E-state index is 11.3. The zero-order valence-corrected chi connectivity index (χ0v) is 15.7. The number of rotatable bonds is 0. The van der Waals surface area contributed by atoms with Crippen molar-refractivity contribution in [3.8, 4) is 0 Å². The van der Waals surface area contributed by atoms with Gasteiger partial charge in [0.25, 0.3) is 0 Å². The molecule has 4 bridgehead atoms. The Kier molecular flexibility index (Phi) is 15.2. The van der Waals surface area contributed by atoms with Crippen LogP contribution in [0.2, 0.25) is 0 Å². The minimum absolute atomic E-state index is 0. The van der Waals surface area contributed by atoms with Gasteiger partial charge < -0.3 is 41.0 Å². The smallest absolute Gasteiger partial charge is 0.433 e. The molecule has 0 aliphatic carbocycles. The van der Waals surface area contributed by atoms with Gasteiger partial charge in [0.2, 0.25) is 6.29 Å². The number of hydrogen-bond donors (Lipinski definition) is 4. The molecule has 0 spiro atoms. The van der Waals surface area contributed by atoms with Crippen molar-refractivity contribution in [2.75, 3.05) is 26.7 Å². The maximum Gasteiger partial charge on any atom is 0.433 e. The van der Waals surface area contributed by atoms with E-state index in [4.69, 9.17) is 35.2 Å². The van der Waals surface area contributed by atoms with Gasteiger partial charge in [-0.3, -0.25) is 4.90 Å². The first-order chi connectivity index (χ1) is 10.5. The van der Waals surface area contributed by atoms with E-state index in [-0.39, 0.29) is 23.4 Å². The summed E-state index contributed by atoms with van der Waals surface area (Å²) in [5.41, 5.74) is 3.86. The van der Waals surface area contributed by atoms with E-state index in [9.17, 15) is 8.42 Å². The zero-order valence-electron chi connectivity index (χ0n) is 13.3. The Morgan fingerprint density at radius 3 is 1.92 bits per heavy atom. The van der Waals surface area contributed by atoms with E-state index in [1.54, 1.807) is 0 Å². The van der Waals surface area contributed by atoms with Gasteiger partial charge in [-0.05, 0) is 0 Å². The van der Waals surface area contributed by atoms with Gasteiger partial charge in [-0.25, -0.2) is 13.3 Å². The van der Waals surface area contributed by atoms with Crippen LogP contribution >= 0.6 is 0 Å². The van der Waals surface area contributed by atoms with Crippen molar-refractivity contribution in [3.63, 3.8) is 0 Å². The van der Waals surface area contributed by atoms with Gasteiger partial charge in [0.15, 0.2) is 0 Å². The van der Waals surface area contributed by atoms with Crippen molar-refractivity contribution in [3.05, 3.63) is 0 Å². The molecule has 18 nitrogen and oxygen atoms in total. The van der Waals surface area contributed by atoms with Gasteiger partial charge in [0.05, 0.1) is 49.4 Å². The minimum Gasteiger partial charge on any atom is -0.750 e. The molecule has 21 heteroatoms. The van der Waals surface area contributed by atoms with Crippen LogP contribution in [0.4, 0.5) is 0 Å². The number of fused-ring (bicyclic) bond motifs is 2. The third kappa shape index (κ3) is 10.7. The van der Waals surface area contributed by atoms with Crippen LogP contribution in [-0.4, -0.2) is 98.9 Å². The molecule has 0 aromatic rings. The summed E-state index contributed by atoms with van der Waals surface area (Å²) in [5, 5.41) is 2.64. The predicted octanol–water partition coefficient (Wildman–Crippen LogP) is -5.90. The molecule has 0 saturated carbocycles. The lowest BCUT2D eigenvalue weighted by molar-refractivity contribution is -0.552. The fourth-order valence-electron chi connectivity index (χ4n) is 1.95. The van der Waals surface area contributed by atoms with Crippen molar-refractivity contribution >= 4 is 33.1 Å². The fraction of sp³-hybridized carbons (Fsp3) is 1.00. The first kappa shape index (κ1) is 30.4. The molecule has 13 N–H and O–H groups in total. The van der Waals surface area contributed by atoms with Gasteiger partial charge in [-0.2, -0.15) is 12.7 Å². The lowest BCUT2D eigenvalue weighted by atomic mass is 10.5. The molecule has 4 saturated heterocycles. The van der Waals surface area contributed by atoms with E-state index in [0.29, 0.717) is 20.0 Å². The Morgan fingerprint density at radius 2 is 1.46 bits per heavy atom. The van der Waals surface area contributed by atoms with Crippen LogP contribution < -0.4 is 11.9 Å². The topological polar surface area (TPSA) is 313 Å². The monoisotopic (exact) mass is 454 g/mol. The fourth-order valence-corrected chi connectivity index (χ4v) is 2.71. The molecule has 7 unspecified atom stereocenters. The second-order valence-corrected chi connectivity index (χ2v) is 6.18. The van der Waals surface area contributed by atoms with Crippen LogP contribution in [0, 0.1) is 0 Å². The van der Waals surface area contributed by atoms with E-state index >= 15 is 0 Å². The molecule has 0 aromatic carbocycles. The molecule has 4 fully saturated rings. The van der Waals surface area contributed by atoms with Crippen molar-refractivity contribution in [1.82, 2.24) is 26.1 Å². The van der Waals surface area contributed by atoms with Crippen LogP contribution in [0.3, 0.4) is 0 Å². The van der Waals surface area contributed by atoms with Crippen LogP contribution in [0.15, 0.2) is 0 Å². The quantitative estimate of drug-likeness (QED) is 0.248. The number of hydroxylamine groups is 4. The van der Waals surface area contributed by atoms with Crippen LogP contribution in [-0.2, 0) is 41.7 Å². The molecule has 162 valence electrons. The van der Waals surface area contributed by atoms with Gasteiger partial charge in [-0.15, -0.1) is 9.35 Å². The van der Waals surface area contributed by atoms with E-state index in [0.717, 1.165) is 6.67 Å². The van der Waals surface area contributed by atoms with Crippen molar-refractivity contribution in [1.29, 1.82) is 0 Å². The lowest BCUT2D eigenvalue weighted by Gasteiger charge is -2.50. The summed E-state index contributed by atoms with van der Waals surface area (Å²) in [6.07, 6.45) is -0.317. The molecule has 4 aliphatic rings. The Labute approximate surface area is 153 Å². The molecule has 4 aliphatic heterocycles. The molecular formula is C5H22N6O12S3. The first-order valence-corrected chi connectivity index (χ1v) is 8.92. The summed E-state index contributed by atoms with van der Waals surface area (Å²) in [6, 6.07) is 0. The normalized spacial score (nSPS) is 35.0. The van der Waals surface area contributed by atoms with E-state index in [2.05, 4.69) is 5.73 Å². The summed E-state index contributed by atoms with van der Waals surface area (Å²) >= 11 is -5.72. The Hall–Kier alpha value is -0.310. The van der Waals surface area contributed by atoms with Crippen molar-refractivity contribution in [2.45, 2.75) is 6.29 Å². The standard InChI is InChI=1S/C5H11N5O4S.H3N.2H2O3S.2H2O/c6-5-8-1-7-2-9(4-8)13-15(11,12)14-10(5)3-7;;2*1-4(2)3;;/h5H,1-4,6H2;1H3;2*(H2,1,2,3);2*1H2. The summed E-state index contributed by atoms with van der Waals surface area (Å²) in [6.45, 7) is 2.00. The summed E-state index contributed by atoms with van der Waals surface area (Å²) in [7, 11) is -3.98. The molecule has 0 radical (unpaired) electrons. The second kappa shape index (κ2) is 13.0. The minimum atomic E-state index is -3.98. The maximum absolute atomic E-state index is 11.3. The van der Waals surface area contributed by atoms with Gasteiger partial charge in [0.1, 0.15) is 0 Å².